The first-order valence-electron chi connectivity index (χ1n) is 21.4. The van der Waals surface area contributed by atoms with Gasteiger partial charge in [-0.05, 0) is 59.9 Å². The zero-order valence-corrected chi connectivity index (χ0v) is 38.2. The summed E-state index contributed by atoms with van der Waals surface area (Å²) in [6.07, 6.45) is -1.63. The van der Waals surface area contributed by atoms with Crippen molar-refractivity contribution in [2.24, 2.45) is 5.41 Å². The number of hydrogen-bond donors (Lipinski definition) is 4. The number of hydrogen-bond acceptors (Lipinski definition) is 13. The molecule has 1 aliphatic heterocycles. The lowest BCUT2D eigenvalue weighted by Crippen LogP contribution is -2.58. The fourth-order valence-electron chi connectivity index (χ4n) is 7.23. The van der Waals surface area contributed by atoms with Gasteiger partial charge in [0, 0.05) is 50.2 Å². The Hall–Kier alpha value is -5.49. The van der Waals surface area contributed by atoms with Crippen LogP contribution < -0.4 is 20.3 Å². The summed E-state index contributed by atoms with van der Waals surface area (Å²) >= 11 is 1.57. The molecule has 3 heterocycles. The average Bonchev–Trinajstić information content (AvgIpc) is 3.90. The molecule has 16 heteroatoms. The molecule has 5 aromatic rings. The van der Waals surface area contributed by atoms with Crippen molar-refractivity contribution in [1.29, 1.82) is 0 Å². The highest BCUT2D eigenvalue weighted by Crippen LogP contribution is 2.29. The second-order valence-electron chi connectivity index (χ2n) is 17.1. The minimum Gasteiger partial charge on any atom is -0.491 e. The third kappa shape index (κ3) is 13.3. The fourth-order valence-corrected chi connectivity index (χ4v) is 8.04. The van der Waals surface area contributed by atoms with Gasteiger partial charge < -0.3 is 49.6 Å². The second-order valence-corrected chi connectivity index (χ2v) is 18.0. The summed E-state index contributed by atoms with van der Waals surface area (Å²) in [6, 6.07) is 23.8. The smallest absolute Gasteiger partial charge is 0.246 e. The molecule has 0 aliphatic carbocycles. The van der Waals surface area contributed by atoms with Crippen molar-refractivity contribution in [2.75, 3.05) is 71.8 Å². The van der Waals surface area contributed by atoms with Crippen LogP contribution in [-0.4, -0.2) is 134 Å². The van der Waals surface area contributed by atoms with Gasteiger partial charge in [0.25, 0.3) is 0 Å². The highest BCUT2D eigenvalue weighted by Gasteiger charge is 2.44. The van der Waals surface area contributed by atoms with Gasteiger partial charge in [-0.25, -0.2) is 9.97 Å². The number of aliphatic hydroxyl groups excluding tert-OH is 2. The monoisotopic (exact) mass is 896 g/mol. The van der Waals surface area contributed by atoms with Gasteiger partial charge in [0.2, 0.25) is 17.7 Å². The predicted molar refractivity (Wildman–Crippen MR) is 247 cm³/mol. The minimum atomic E-state index is -0.975. The summed E-state index contributed by atoms with van der Waals surface area (Å²) in [4.78, 5) is 53.9. The van der Waals surface area contributed by atoms with Crippen LogP contribution in [-0.2, 0) is 35.1 Å². The lowest BCUT2D eigenvalue weighted by atomic mass is 9.85. The van der Waals surface area contributed by atoms with Crippen LogP contribution in [0.3, 0.4) is 0 Å². The molecule has 0 bridgehead atoms. The molecule has 1 aliphatic rings. The quantitative estimate of drug-likeness (QED) is 0.0725. The SMILES string of the molecule is Cc1ncsc1-c1ccc(CNC(=O)[C@@H]2C[C@@H](O)CN2C(=O)C(NC(=O)COCCOCCOCC(O)COc2ccc3nc(-c4ccc(N(C)C)cc4)ccc3c2)C(C)(C)C)cc1. The number of fused-ring (bicyclic) bond motifs is 1. The van der Waals surface area contributed by atoms with E-state index in [0.29, 0.717) is 5.75 Å². The number of aromatic nitrogens is 2. The van der Waals surface area contributed by atoms with E-state index < -0.39 is 41.5 Å². The number of carbonyl (C=O) groups excluding carboxylic acids is 3. The number of pyridine rings is 1. The largest absolute Gasteiger partial charge is 0.491 e. The Morgan fingerprint density at radius 3 is 2.30 bits per heavy atom. The Morgan fingerprint density at radius 2 is 1.61 bits per heavy atom. The zero-order chi connectivity index (χ0) is 45.8. The van der Waals surface area contributed by atoms with E-state index in [2.05, 4.69) is 44.8 Å². The Labute approximate surface area is 378 Å². The third-order valence-corrected chi connectivity index (χ3v) is 11.8. The van der Waals surface area contributed by atoms with Crippen molar-refractivity contribution < 1.29 is 43.5 Å². The van der Waals surface area contributed by atoms with Gasteiger partial charge in [-0.3, -0.25) is 14.4 Å². The second kappa shape index (κ2) is 22.4. The summed E-state index contributed by atoms with van der Waals surface area (Å²) in [6.45, 7) is 8.27. The molecule has 342 valence electrons. The lowest BCUT2D eigenvalue weighted by molar-refractivity contribution is -0.144. The van der Waals surface area contributed by atoms with Gasteiger partial charge in [-0.1, -0.05) is 63.2 Å². The van der Waals surface area contributed by atoms with E-state index in [1.807, 2.05) is 102 Å². The van der Waals surface area contributed by atoms with E-state index in [-0.39, 0.29) is 71.7 Å². The van der Waals surface area contributed by atoms with Crippen LogP contribution in [0.25, 0.3) is 32.6 Å². The Balaban J connectivity index is 0.848. The van der Waals surface area contributed by atoms with Crippen LogP contribution in [0, 0.1) is 12.3 Å². The number of β-amino-alcohol motifs (C(OH)–C–C–N with tert-alkyl or cyclic N) is 1. The first kappa shape index (κ1) is 48.0. The number of aliphatic hydroxyl groups is 2. The van der Waals surface area contributed by atoms with Crippen molar-refractivity contribution in [3.05, 3.63) is 95.6 Å². The molecule has 15 nitrogen and oxygen atoms in total. The van der Waals surface area contributed by atoms with Crippen LogP contribution in [0.15, 0.2) is 84.4 Å². The lowest BCUT2D eigenvalue weighted by Gasteiger charge is -2.35. The molecular weight excluding hydrogens is 837 g/mol. The van der Waals surface area contributed by atoms with E-state index in [9.17, 15) is 24.6 Å². The number of amides is 3. The Morgan fingerprint density at radius 1 is 0.906 bits per heavy atom. The van der Waals surface area contributed by atoms with Crippen LogP contribution in [0.4, 0.5) is 5.69 Å². The summed E-state index contributed by atoms with van der Waals surface area (Å²) < 4.78 is 22.4. The van der Waals surface area contributed by atoms with E-state index in [4.69, 9.17) is 23.9 Å². The Bertz CT molecular complexity index is 2320. The van der Waals surface area contributed by atoms with Crippen molar-refractivity contribution in [2.45, 2.75) is 65.0 Å². The van der Waals surface area contributed by atoms with Crippen LogP contribution >= 0.6 is 11.3 Å². The number of carbonyl (C=O) groups is 3. The standard InChI is InChI=1S/C48H60N6O9S/c1-31-44(64-30-50-31)34-9-7-32(8-10-34)25-49-46(58)42-24-37(55)26-54(42)47(59)45(48(2,3)4)52-43(57)29-62-22-20-60-19-21-61-27-38(56)28-63-39-16-18-41-35(23-39)13-17-40(51-41)33-11-14-36(15-12-33)53(5)6/h7-18,23,30,37-38,42,45,55-56H,19-22,24-29H2,1-6H3,(H,49,58)(H,52,57)/t37-,38?,42+,45?/m1/s1. The number of anilines is 1. The molecule has 1 fully saturated rings. The summed E-state index contributed by atoms with van der Waals surface area (Å²) in [7, 11) is 4.02. The molecule has 1 saturated heterocycles. The van der Waals surface area contributed by atoms with Crippen molar-refractivity contribution in [3.63, 3.8) is 0 Å². The molecule has 3 amide bonds. The van der Waals surface area contributed by atoms with E-state index >= 15 is 0 Å². The van der Waals surface area contributed by atoms with E-state index in [1.54, 1.807) is 11.3 Å². The topological polar surface area (TPSA) is 185 Å². The third-order valence-electron chi connectivity index (χ3n) is 10.8. The molecule has 0 spiro atoms. The highest BCUT2D eigenvalue weighted by atomic mass is 32.1. The van der Waals surface area contributed by atoms with Crippen molar-refractivity contribution >= 4 is 45.6 Å². The number of aryl methyl sites for hydroxylation is 1. The number of ether oxygens (including phenoxy) is 4. The van der Waals surface area contributed by atoms with Crippen LogP contribution in [0.1, 0.15) is 38.4 Å². The summed E-state index contributed by atoms with van der Waals surface area (Å²) in [5.74, 6) is -0.712. The van der Waals surface area contributed by atoms with Crippen molar-refractivity contribution in [3.8, 4) is 27.4 Å². The van der Waals surface area contributed by atoms with Gasteiger partial charge >= 0.3 is 0 Å². The molecule has 4 atom stereocenters. The maximum atomic E-state index is 13.9. The number of thiazole rings is 1. The maximum absolute atomic E-state index is 13.9. The number of benzene rings is 3. The van der Waals surface area contributed by atoms with Crippen molar-refractivity contribution in [1.82, 2.24) is 25.5 Å². The molecule has 2 aromatic heterocycles. The molecule has 0 radical (unpaired) electrons. The molecular formula is C48H60N6O9S. The predicted octanol–water partition coefficient (Wildman–Crippen LogP) is 5.00. The average molecular weight is 897 g/mol. The van der Waals surface area contributed by atoms with E-state index in [0.717, 1.165) is 49.5 Å². The van der Waals surface area contributed by atoms with Gasteiger partial charge in [-0.15, -0.1) is 11.3 Å². The fraction of sp³-hybridized carbons (Fsp3) is 0.438. The summed E-state index contributed by atoms with van der Waals surface area (Å²) in [5.41, 5.74) is 7.88. The first-order chi connectivity index (χ1) is 30.7. The number of rotatable bonds is 21. The van der Waals surface area contributed by atoms with Gasteiger partial charge in [0.15, 0.2) is 0 Å². The molecule has 4 N–H and O–H groups in total. The minimum absolute atomic E-state index is 0.0223. The highest BCUT2D eigenvalue weighted by molar-refractivity contribution is 7.13. The zero-order valence-electron chi connectivity index (χ0n) is 37.4. The van der Waals surface area contributed by atoms with Crippen LogP contribution in [0.2, 0.25) is 0 Å². The van der Waals surface area contributed by atoms with Gasteiger partial charge in [-0.2, -0.15) is 0 Å². The maximum Gasteiger partial charge on any atom is 0.246 e. The van der Waals surface area contributed by atoms with Gasteiger partial charge in [0.05, 0.1) is 66.4 Å². The molecule has 0 saturated carbocycles. The molecule has 64 heavy (non-hydrogen) atoms. The summed E-state index contributed by atoms with van der Waals surface area (Å²) in [5, 5.41) is 27.6. The molecule has 6 rings (SSSR count). The van der Waals surface area contributed by atoms with Gasteiger partial charge in [0.1, 0.15) is 37.2 Å². The number of nitrogens with one attached hydrogen (secondary N) is 2. The number of likely N-dealkylation sites (tertiary alicyclic amines) is 1. The van der Waals surface area contributed by atoms with E-state index in [1.165, 1.54) is 4.90 Å². The van der Waals surface area contributed by atoms with Crippen LogP contribution in [0.5, 0.6) is 5.75 Å². The molecule has 3 aromatic carbocycles. The number of nitrogens with zero attached hydrogens (tertiary/aromatic N) is 4. The molecule has 2 unspecified atom stereocenters. The first-order valence-corrected chi connectivity index (χ1v) is 22.3. The Kier molecular flexibility index (Phi) is 16.8. The normalized spacial score (nSPS) is 16.1.